The van der Waals surface area contributed by atoms with Gasteiger partial charge in [-0.1, -0.05) is 13.8 Å². The molecule has 0 amide bonds. The molecule has 0 aliphatic heterocycles. The van der Waals surface area contributed by atoms with Crippen molar-refractivity contribution in [3.63, 3.8) is 0 Å². The predicted molar refractivity (Wildman–Crippen MR) is 83.5 cm³/mol. The largest absolute Gasteiger partial charge is 0.381 e. The highest BCUT2D eigenvalue weighted by molar-refractivity contribution is 5.48. The number of methoxy groups -OCH3 is 1. The Morgan fingerprint density at radius 3 is 2.62 bits per heavy atom. The quantitative estimate of drug-likeness (QED) is 0.804. The van der Waals surface area contributed by atoms with Crippen LogP contribution in [0.5, 0.6) is 0 Å². The molecule has 1 heterocycles. The molecule has 0 saturated heterocycles. The molecule has 1 aromatic heterocycles. The lowest BCUT2D eigenvalue weighted by Crippen LogP contribution is -2.57. The van der Waals surface area contributed by atoms with Crippen molar-refractivity contribution in [3.8, 4) is 0 Å². The van der Waals surface area contributed by atoms with Crippen molar-refractivity contribution in [2.75, 3.05) is 31.4 Å². The molecular weight excluding hydrogens is 268 g/mol. The van der Waals surface area contributed by atoms with Gasteiger partial charge in [0.1, 0.15) is 18.2 Å². The minimum Gasteiger partial charge on any atom is -0.381 e. The van der Waals surface area contributed by atoms with E-state index in [2.05, 4.69) is 34.4 Å². The lowest BCUT2D eigenvalue weighted by atomic mass is 9.64. The highest BCUT2D eigenvalue weighted by atomic mass is 16.5. The van der Waals surface area contributed by atoms with Gasteiger partial charge in [0.2, 0.25) is 0 Å². The van der Waals surface area contributed by atoms with Crippen LogP contribution in [0.3, 0.4) is 0 Å². The van der Waals surface area contributed by atoms with Crippen LogP contribution < -0.4 is 10.6 Å². The maximum absolute atomic E-state index is 5.49. The van der Waals surface area contributed by atoms with Gasteiger partial charge >= 0.3 is 0 Å². The van der Waals surface area contributed by atoms with Gasteiger partial charge in [-0.25, -0.2) is 9.97 Å². The zero-order chi connectivity index (χ0) is 15.5. The van der Waals surface area contributed by atoms with Gasteiger partial charge in [0, 0.05) is 38.3 Å². The van der Waals surface area contributed by atoms with E-state index < -0.39 is 0 Å². The standard InChI is InChI=1S/C15H26N4O2/c1-6-21-9-14-18-12(16-4)8-13(19-14)17-10-7-11(20-5)15(10,2)3/h8,10-11H,6-7,9H2,1-5H3,(H2,16,17,18,19). The number of aromatic nitrogens is 2. The second-order valence-electron chi connectivity index (χ2n) is 5.92. The molecule has 21 heavy (non-hydrogen) atoms. The molecule has 118 valence electrons. The molecule has 0 radical (unpaired) electrons. The van der Waals surface area contributed by atoms with E-state index in [1.165, 1.54) is 0 Å². The second-order valence-corrected chi connectivity index (χ2v) is 5.92. The van der Waals surface area contributed by atoms with E-state index in [1.54, 1.807) is 7.11 Å². The average molecular weight is 294 g/mol. The third-order valence-corrected chi connectivity index (χ3v) is 4.25. The van der Waals surface area contributed by atoms with Gasteiger partial charge in [-0.3, -0.25) is 0 Å². The highest BCUT2D eigenvalue weighted by Gasteiger charge is 2.48. The summed E-state index contributed by atoms with van der Waals surface area (Å²) in [5.74, 6) is 2.31. The first kappa shape index (κ1) is 16.0. The second kappa shape index (κ2) is 6.58. The summed E-state index contributed by atoms with van der Waals surface area (Å²) in [6, 6.07) is 2.27. The zero-order valence-electron chi connectivity index (χ0n) is 13.6. The van der Waals surface area contributed by atoms with Gasteiger partial charge in [-0.15, -0.1) is 0 Å². The molecule has 1 saturated carbocycles. The zero-order valence-corrected chi connectivity index (χ0v) is 13.6. The summed E-state index contributed by atoms with van der Waals surface area (Å²) in [5, 5.41) is 6.56. The third kappa shape index (κ3) is 3.44. The monoisotopic (exact) mass is 294 g/mol. The Labute approximate surface area is 126 Å². The van der Waals surface area contributed by atoms with Crippen molar-refractivity contribution >= 4 is 11.6 Å². The van der Waals surface area contributed by atoms with Crippen molar-refractivity contribution in [2.45, 2.75) is 45.9 Å². The summed E-state index contributed by atoms with van der Waals surface area (Å²) in [6.07, 6.45) is 1.28. The van der Waals surface area contributed by atoms with E-state index in [4.69, 9.17) is 9.47 Å². The minimum atomic E-state index is 0.0968. The molecule has 2 atom stereocenters. The average Bonchev–Trinajstić information content (AvgIpc) is 2.48. The fourth-order valence-corrected chi connectivity index (χ4v) is 2.67. The van der Waals surface area contributed by atoms with Crippen molar-refractivity contribution in [1.29, 1.82) is 0 Å². The molecule has 0 aromatic carbocycles. The number of nitrogens with zero attached hydrogens (tertiary/aromatic N) is 2. The van der Waals surface area contributed by atoms with E-state index in [1.807, 2.05) is 20.0 Å². The van der Waals surface area contributed by atoms with Crippen LogP contribution in [0.1, 0.15) is 33.0 Å². The van der Waals surface area contributed by atoms with E-state index in [0.717, 1.165) is 18.1 Å². The first-order valence-electron chi connectivity index (χ1n) is 7.44. The SMILES string of the molecule is CCOCc1nc(NC)cc(NC2CC(OC)C2(C)C)n1. The van der Waals surface area contributed by atoms with Gasteiger partial charge < -0.3 is 20.1 Å². The Hall–Kier alpha value is -1.40. The summed E-state index contributed by atoms with van der Waals surface area (Å²) < 4.78 is 10.9. The third-order valence-electron chi connectivity index (χ3n) is 4.25. The summed E-state index contributed by atoms with van der Waals surface area (Å²) in [6.45, 7) is 7.46. The minimum absolute atomic E-state index is 0.0968. The number of ether oxygens (including phenoxy) is 2. The van der Waals surface area contributed by atoms with Gasteiger partial charge in [-0.05, 0) is 13.3 Å². The molecule has 1 aliphatic carbocycles. The number of nitrogens with one attached hydrogen (secondary N) is 2. The van der Waals surface area contributed by atoms with E-state index in [9.17, 15) is 0 Å². The number of hydrogen-bond donors (Lipinski definition) is 2. The fraction of sp³-hybridized carbons (Fsp3) is 0.733. The number of hydrogen-bond acceptors (Lipinski definition) is 6. The van der Waals surface area contributed by atoms with E-state index in [-0.39, 0.29) is 5.41 Å². The van der Waals surface area contributed by atoms with Gasteiger partial charge in [-0.2, -0.15) is 0 Å². The Bertz CT molecular complexity index is 479. The Kier molecular flexibility index (Phi) is 5.00. The topological polar surface area (TPSA) is 68.3 Å². The summed E-state index contributed by atoms with van der Waals surface area (Å²) in [5.41, 5.74) is 0.0968. The molecule has 1 fully saturated rings. The van der Waals surface area contributed by atoms with Crippen LogP contribution in [0.15, 0.2) is 6.07 Å². The summed E-state index contributed by atoms with van der Waals surface area (Å²) in [4.78, 5) is 8.93. The van der Waals surface area contributed by atoms with Gasteiger partial charge in [0.25, 0.3) is 0 Å². The lowest BCUT2D eigenvalue weighted by molar-refractivity contribution is -0.0795. The van der Waals surface area contributed by atoms with Crippen LogP contribution >= 0.6 is 0 Å². The van der Waals surface area contributed by atoms with Crippen LogP contribution in [-0.4, -0.2) is 42.9 Å². The number of anilines is 2. The van der Waals surface area contributed by atoms with Crippen LogP contribution in [0.25, 0.3) is 0 Å². The molecule has 2 unspecified atom stereocenters. The van der Waals surface area contributed by atoms with Crippen LogP contribution in [-0.2, 0) is 16.1 Å². The van der Waals surface area contributed by atoms with Crippen molar-refractivity contribution in [1.82, 2.24) is 9.97 Å². The molecule has 1 aliphatic rings. The molecule has 1 aromatic rings. The number of rotatable bonds is 7. The highest BCUT2D eigenvalue weighted by Crippen LogP contribution is 2.43. The predicted octanol–water partition coefficient (Wildman–Crippen LogP) is 2.28. The van der Waals surface area contributed by atoms with Gasteiger partial charge in [0.15, 0.2) is 5.82 Å². The van der Waals surface area contributed by atoms with Gasteiger partial charge in [0.05, 0.1) is 6.10 Å². The van der Waals surface area contributed by atoms with E-state index >= 15 is 0 Å². The van der Waals surface area contributed by atoms with Crippen molar-refractivity contribution in [3.05, 3.63) is 11.9 Å². The molecular formula is C15H26N4O2. The molecule has 0 bridgehead atoms. The molecule has 6 heteroatoms. The molecule has 2 N–H and O–H groups in total. The maximum atomic E-state index is 5.49. The fourth-order valence-electron chi connectivity index (χ4n) is 2.67. The summed E-state index contributed by atoms with van der Waals surface area (Å²) in [7, 11) is 3.62. The lowest BCUT2D eigenvalue weighted by Gasteiger charge is -2.51. The molecule has 6 nitrogen and oxygen atoms in total. The smallest absolute Gasteiger partial charge is 0.158 e. The molecule has 2 rings (SSSR count). The first-order valence-corrected chi connectivity index (χ1v) is 7.44. The Balaban J connectivity index is 2.09. The first-order chi connectivity index (χ1) is 10.0. The van der Waals surface area contributed by atoms with Crippen LogP contribution in [0.2, 0.25) is 0 Å². The van der Waals surface area contributed by atoms with Crippen molar-refractivity contribution < 1.29 is 9.47 Å². The Morgan fingerprint density at radius 2 is 2.05 bits per heavy atom. The Morgan fingerprint density at radius 1 is 1.33 bits per heavy atom. The van der Waals surface area contributed by atoms with Crippen LogP contribution in [0, 0.1) is 5.41 Å². The van der Waals surface area contributed by atoms with Crippen LogP contribution in [0.4, 0.5) is 11.6 Å². The maximum Gasteiger partial charge on any atom is 0.158 e. The summed E-state index contributed by atoms with van der Waals surface area (Å²) >= 11 is 0. The van der Waals surface area contributed by atoms with E-state index in [0.29, 0.717) is 31.2 Å². The normalized spacial score (nSPS) is 23.5. The van der Waals surface area contributed by atoms with Crippen molar-refractivity contribution in [2.24, 2.45) is 5.41 Å². The molecule has 0 spiro atoms.